The summed E-state index contributed by atoms with van der Waals surface area (Å²) in [6.07, 6.45) is -4.50. The molecule has 0 unspecified atom stereocenters. The summed E-state index contributed by atoms with van der Waals surface area (Å²) >= 11 is 1.04. The lowest BCUT2D eigenvalue weighted by Gasteiger charge is -2.09. The molecule has 0 radical (unpaired) electrons. The quantitative estimate of drug-likeness (QED) is 0.743. The summed E-state index contributed by atoms with van der Waals surface area (Å²) in [5, 5.41) is 7.21. The van der Waals surface area contributed by atoms with Gasteiger partial charge in [0.1, 0.15) is 16.2 Å². The number of nitrogens with zero attached hydrogens (tertiary/aromatic N) is 3. The predicted molar refractivity (Wildman–Crippen MR) is 71.8 cm³/mol. The van der Waals surface area contributed by atoms with Crippen molar-refractivity contribution >= 4 is 27.2 Å². The van der Waals surface area contributed by atoms with Crippen LogP contribution in [-0.4, -0.2) is 15.3 Å². The van der Waals surface area contributed by atoms with E-state index in [9.17, 15) is 13.2 Å². The van der Waals surface area contributed by atoms with Gasteiger partial charge < -0.3 is 5.73 Å². The Labute approximate surface area is 120 Å². The molecule has 0 aliphatic heterocycles. The zero-order chi connectivity index (χ0) is 15.4. The van der Waals surface area contributed by atoms with Gasteiger partial charge in [-0.15, -0.1) is 11.3 Å². The minimum Gasteiger partial charge on any atom is -0.397 e. The topological polar surface area (TPSA) is 77.8 Å². The third-order valence-electron chi connectivity index (χ3n) is 3.00. The van der Waals surface area contributed by atoms with Crippen LogP contribution < -0.4 is 5.73 Å². The van der Waals surface area contributed by atoms with Gasteiger partial charge in [0.05, 0.1) is 16.1 Å². The zero-order valence-corrected chi connectivity index (χ0v) is 11.8. The number of thiophene rings is 1. The first kappa shape index (κ1) is 13.8. The molecule has 0 aliphatic rings. The number of nitrogens with two attached hydrogens (primary N) is 1. The number of fused-ring (bicyclic) bond motifs is 1. The molecule has 3 rings (SSSR count). The monoisotopic (exact) mass is 314 g/mol. The first-order valence-electron chi connectivity index (χ1n) is 5.85. The Balaban J connectivity index is 2.38. The highest BCUT2D eigenvalue weighted by Gasteiger charge is 2.35. The Hall–Kier alpha value is -2.16. The molecule has 0 spiro atoms. The normalized spacial score (nSPS) is 12.2. The van der Waals surface area contributed by atoms with E-state index in [1.807, 2.05) is 0 Å². The van der Waals surface area contributed by atoms with Gasteiger partial charge in [0.15, 0.2) is 0 Å². The maximum atomic E-state index is 13.2. The molecule has 5 nitrogen and oxygen atoms in total. The van der Waals surface area contributed by atoms with E-state index in [1.54, 1.807) is 6.92 Å². The minimum atomic E-state index is -4.50. The summed E-state index contributed by atoms with van der Waals surface area (Å²) < 4.78 is 44.1. The van der Waals surface area contributed by atoms with Crippen molar-refractivity contribution in [1.29, 1.82) is 0 Å². The van der Waals surface area contributed by atoms with Crippen molar-refractivity contribution in [2.24, 2.45) is 0 Å². The van der Waals surface area contributed by atoms with Crippen LogP contribution >= 0.6 is 11.3 Å². The summed E-state index contributed by atoms with van der Waals surface area (Å²) in [5.41, 5.74) is 6.18. The van der Waals surface area contributed by atoms with E-state index in [2.05, 4.69) is 19.9 Å². The molecule has 0 aliphatic carbocycles. The van der Waals surface area contributed by atoms with Gasteiger partial charge in [-0.05, 0) is 25.1 Å². The molecule has 9 heteroatoms. The third kappa shape index (κ3) is 2.13. The van der Waals surface area contributed by atoms with Crippen molar-refractivity contribution in [3.8, 4) is 10.6 Å². The van der Waals surface area contributed by atoms with E-state index < -0.39 is 11.7 Å². The van der Waals surface area contributed by atoms with Gasteiger partial charge >= 0.3 is 6.18 Å². The summed E-state index contributed by atoms with van der Waals surface area (Å²) in [7, 11) is 0. The van der Waals surface area contributed by atoms with Crippen molar-refractivity contribution in [3.05, 3.63) is 23.0 Å². The Bertz CT molecular complexity index is 837. The Morgan fingerprint density at radius 1 is 1.24 bits per heavy atom. The van der Waals surface area contributed by atoms with Crippen LogP contribution in [0.25, 0.3) is 20.8 Å². The van der Waals surface area contributed by atoms with Crippen LogP contribution in [0.4, 0.5) is 18.9 Å². The van der Waals surface area contributed by atoms with E-state index in [1.165, 1.54) is 6.92 Å². The van der Waals surface area contributed by atoms with E-state index in [0.29, 0.717) is 16.3 Å². The fraction of sp³-hybridized carbons (Fsp3) is 0.250. The molecule has 0 saturated heterocycles. The van der Waals surface area contributed by atoms with Gasteiger partial charge in [0, 0.05) is 11.1 Å². The van der Waals surface area contributed by atoms with Crippen molar-refractivity contribution in [2.75, 3.05) is 5.73 Å². The second-order valence-electron chi connectivity index (χ2n) is 4.53. The number of aromatic nitrogens is 3. The SMILES string of the molecule is Cc1cc(C(F)(F)F)c2c(N)c(-c3nonc3C)sc2n1. The molecule has 0 atom stereocenters. The molecule has 110 valence electrons. The number of nitrogen functional groups attached to an aromatic ring is 1. The van der Waals surface area contributed by atoms with Gasteiger partial charge in [-0.25, -0.2) is 9.61 Å². The van der Waals surface area contributed by atoms with Crippen molar-refractivity contribution < 1.29 is 17.8 Å². The highest BCUT2D eigenvalue weighted by atomic mass is 32.1. The second kappa shape index (κ2) is 4.42. The molecule has 21 heavy (non-hydrogen) atoms. The average molecular weight is 314 g/mol. The van der Waals surface area contributed by atoms with Crippen LogP contribution in [0, 0.1) is 13.8 Å². The Kier molecular flexibility index (Phi) is 2.90. The lowest BCUT2D eigenvalue weighted by molar-refractivity contribution is -0.136. The summed E-state index contributed by atoms with van der Waals surface area (Å²) in [5.74, 6) is 0. The fourth-order valence-corrected chi connectivity index (χ4v) is 3.28. The van der Waals surface area contributed by atoms with Crippen molar-refractivity contribution in [1.82, 2.24) is 15.3 Å². The average Bonchev–Trinajstić information content (AvgIpc) is 2.91. The highest BCUT2D eigenvalue weighted by Crippen LogP contribution is 2.45. The largest absolute Gasteiger partial charge is 0.417 e. The number of halogens is 3. The van der Waals surface area contributed by atoms with E-state index in [-0.39, 0.29) is 21.6 Å². The molecular weight excluding hydrogens is 305 g/mol. The molecule has 3 heterocycles. The molecule has 0 amide bonds. The standard InChI is InChI=1S/C12H9F3N4OS/c1-4-3-6(12(13,14)15)7-8(16)10(21-11(7)17-4)9-5(2)18-20-19-9/h3H,16H2,1-2H3. The van der Waals surface area contributed by atoms with Gasteiger partial charge in [-0.2, -0.15) is 13.2 Å². The van der Waals surface area contributed by atoms with Gasteiger partial charge in [-0.1, -0.05) is 5.16 Å². The summed E-state index contributed by atoms with van der Waals surface area (Å²) in [4.78, 5) is 4.73. The van der Waals surface area contributed by atoms with E-state index >= 15 is 0 Å². The van der Waals surface area contributed by atoms with Gasteiger partial charge in [-0.3, -0.25) is 0 Å². The number of hydrogen-bond acceptors (Lipinski definition) is 6. The van der Waals surface area contributed by atoms with Gasteiger partial charge in [0.2, 0.25) is 0 Å². The predicted octanol–water partition coefficient (Wildman–Crippen LogP) is 3.56. The van der Waals surface area contributed by atoms with Crippen molar-refractivity contribution in [2.45, 2.75) is 20.0 Å². The highest BCUT2D eigenvalue weighted by molar-refractivity contribution is 7.22. The molecule has 3 aromatic rings. The first-order valence-corrected chi connectivity index (χ1v) is 6.67. The van der Waals surface area contributed by atoms with Crippen LogP contribution in [0.1, 0.15) is 17.0 Å². The number of rotatable bonds is 1. The maximum Gasteiger partial charge on any atom is 0.417 e. The lowest BCUT2D eigenvalue weighted by atomic mass is 10.1. The minimum absolute atomic E-state index is 0.00590. The van der Waals surface area contributed by atoms with E-state index in [4.69, 9.17) is 5.73 Å². The van der Waals surface area contributed by atoms with Crippen LogP contribution in [0.3, 0.4) is 0 Å². The molecule has 0 aromatic carbocycles. The molecule has 3 aromatic heterocycles. The summed E-state index contributed by atoms with van der Waals surface area (Å²) in [6.45, 7) is 3.15. The number of pyridine rings is 1. The maximum absolute atomic E-state index is 13.2. The zero-order valence-electron chi connectivity index (χ0n) is 10.9. The van der Waals surface area contributed by atoms with Crippen LogP contribution in [0.5, 0.6) is 0 Å². The third-order valence-corrected chi connectivity index (χ3v) is 4.11. The van der Waals surface area contributed by atoms with Crippen LogP contribution in [0.2, 0.25) is 0 Å². The lowest BCUT2D eigenvalue weighted by Crippen LogP contribution is -2.07. The Morgan fingerprint density at radius 2 is 1.95 bits per heavy atom. The molecule has 0 fully saturated rings. The Morgan fingerprint density at radius 3 is 2.52 bits per heavy atom. The molecule has 0 saturated carbocycles. The van der Waals surface area contributed by atoms with Crippen LogP contribution in [-0.2, 0) is 6.18 Å². The summed E-state index contributed by atoms with van der Waals surface area (Å²) in [6, 6.07) is 0.989. The number of anilines is 1. The second-order valence-corrected chi connectivity index (χ2v) is 5.53. The number of alkyl halides is 3. The first-order chi connectivity index (χ1) is 9.79. The smallest absolute Gasteiger partial charge is 0.397 e. The van der Waals surface area contributed by atoms with Crippen molar-refractivity contribution in [3.63, 3.8) is 0 Å². The fourth-order valence-electron chi connectivity index (χ4n) is 2.08. The molecule has 0 bridgehead atoms. The number of aryl methyl sites for hydroxylation is 2. The number of hydrogen-bond donors (Lipinski definition) is 1. The van der Waals surface area contributed by atoms with Crippen LogP contribution in [0.15, 0.2) is 10.7 Å². The van der Waals surface area contributed by atoms with Gasteiger partial charge in [0.25, 0.3) is 0 Å². The molecular formula is C12H9F3N4OS. The molecule has 2 N–H and O–H groups in total. The van der Waals surface area contributed by atoms with E-state index in [0.717, 1.165) is 17.4 Å².